The monoisotopic (exact) mass is 184 g/mol. The summed E-state index contributed by atoms with van der Waals surface area (Å²) >= 11 is 0. The fraction of sp³-hybridized carbons (Fsp3) is 1.00. The number of ether oxygens (including phenoxy) is 1. The van der Waals surface area contributed by atoms with Crippen molar-refractivity contribution in [3.05, 3.63) is 0 Å². The van der Waals surface area contributed by atoms with Gasteiger partial charge in [-0.2, -0.15) is 0 Å². The van der Waals surface area contributed by atoms with Crippen LogP contribution in [0, 0.1) is 5.92 Å². The molecule has 1 aliphatic rings. The first-order valence-corrected chi connectivity index (χ1v) is 5.86. The molecule has 78 valence electrons. The van der Waals surface area contributed by atoms with Crippen LogP contribution in [0.2, 0.25) is 0 Å². The first-order valence-electron chi connectivity index (χ1n) is 5.86. The van der Waals surface area contributed by atoms with E-state index < -0.39 is 0 Å². The van der Waals surface area contributed by atoms with Crippen LogP contribution in [-0.4, -0.2) is 12.2 Å². The Hall–Kier alpha value is -0.0400. The third-order valence-electron chi connectivity index (χ3n) is 3.50. The predicted octanol–water partition coefficient (Wildman–Crippen LogP) is 3.77. The Labute approximate surface area is 82.9 Å². The zero-order valence-corrected chi connectivity index (χ0v) is 9.44. The van der Waals surface area contributed by atoms with E-state index in [9.17, 15) is 0 Å². The SMILES string of the molecule is CCC(C)CC1(CC)CCCCO1. The van der Waals surface area contributed by atoms with Gasteiger partial charge in [-0.25, -0.2) is 0 Å². The maximum atomic E-state index is 5.99. The van der Waals surface area contributed by atoms with Crippen molar-refractivity contribution in [2.45, 2.75) is 64.9 Å². The summed E-state index contributed by atoms with van der Waals surface area (Å²) in [7, 11) is 0. The van der Waals surface area contributed by atoms with Gasteiger partial charge in [0.1, 0.15) is 0 Å². The van der Waals surface area contributed by atoms with Crippen molar-refractivity contribution in [1.29, 1.82) is 0 Å². The van der Waals surface area contributed by atoms with Gasteiger partial charge in [-0.1, -0.05) is 27.2 Å². The van der Waals surface area contributed by atoms with Crippen molar-refractivity contribution in [2.75, 3.05) is 6.61 Å². The molecule has 1 heterocycles. The highest BCUT2D eigenvalue weighted by Gasteiger charge is 2.32. The maximum absolute atomic E-state index is 5.99. The predicted molar refractivity (Wildman–Crippen MR) is 56.9 cm³/mol. The fourth-order valence-electron chi connectivity index (χ4n) is 2.27. The zero-order chi connectivity index (χ0) is 9.73. The second-order valence-electron chi connectivity index (χ2n) is 4.56. The van der Waals surface area contributed by atoms with Gasteiger partial charge in [0.2, 0.25) is 0 Å². The zero-order valence-electron chi connectivity index (χ0n) is 9.44. The van der Waals surface area contributed by atoms with Crippen LogP contribution in [-0.2, 0) is 4.74 Å². The summed E-state index contributed by atoms with van der Waals surface area (Å²) in [6.45, 7) is 7.88. The molecule has 0 bridgehead atoms. The van der Waals surface area contributed by atoms with Crippen molar-refractivity contribution in [3.63, 3.8) is 0 Å². The normalized spacial score (nSPS) is 31.6. The standard InChI is InChI=1S/C12H24O/c1-4-11(3)10-12(5-2)8-6-7-9-13-12/h11H,4-10H2,1-3H3. The molecular weight excluding hydrogens is 160 g/mol. The van der Waals surface area contributed by atoms with Crippen LogP contribution >= 0.6 is 0 Å². The summed E-state index contributed by atoms with van der Waals surface area (Å²) < 4.78 is 5.99. The van der Waals surface area contributed by atoms with E-state index in [0.717, 1.165) is 12.5 Å². The molecule has 2 unspecified atom stereocenters. The summed E-state index contributed by atoms with van der Waals surface area (Å²) in [6.07, 6.45) is 7.66. The van der Waals surface area contributed by atoms with Gasteiger partial charge in [0.25, 0.3) is 0 Å². The molecule has 1 aliphatic heterocycles. The van der Waals surface area contributed by atoms with Gasteiger partial charge < -0.3 is 4.74 Å². The average Bonchev–Trinajstić information content (AvgIpc) is 2.19. The van der Waals surface area contributed by atoms with E-state index in [2.05, 4.69) is 20.8 Å². The number of rotatable bonds is 4. The largest absolute Gasteiger partial charge is 0.375 e. The minimum atomic E-state index is 0.244. The maximum Gasteiger partial charge on any atom is 0.0682 e. The molecule has 13 heavy (non-hydrogen) atoms. The second-order valence-corrected chi connectivity index (χ2v) is 4.56. The van der Waals surface area contributed by atoms with Crippen LogP contribution in [0.25, 0.3) is 0 Å². The summed E-state index contributed by atoms with van der Waals surface area (Å²) in [5.74, 6) is 0.818. The minimum Gasteiger partial charge on any atom is -0.375 e. The average molecular weight is 184 g/mol. The lowest BCUT2D eigenvalue weighted by atomic mass is 9.82. The highest BCUT2D eigenvalue weighted by Crippen LogP contribution is 2.34. The van der Waals surface area contributed by atoms with Gasteiger partial charge in [-0.15, -0.1) is 0 Å². The summed E-state index contributed by atoms with van der Waals surface area (Å²) in [5.41, 5.74) is 0.244. The third-order valence-corrected chi connectivity index (χ3v) is 3.50. The van der Waals surface area contributed by atoms with E-state index in [1.165, 1.54) is 38.5 Å². The molecule has 0 amide bonds. The van der Waals surface area contributed by atoms with Gasteiger partial charge in [-0.3, -0.25) is 0 Å². The van der Waals surface area contributed by atoms with Gasteiger partial charge in [-0.05, 0) is 38.0 Å². The first-order chi connectivity index (χ1) is 6.22. The van der Waals surface area contributed by atoms with Gasteiger partial charge in [0, 0.05) is 6.61 Å². The molecule has 1 heteroatoms. The fourth-order valence-corrected chi connectivity index (χ4v) is 2.27. The summed E-state index contributed by atoms with van der Waals surface area (Å²) in [5, 5.41) is 0. The molecule has 1 nitrogen and oxygen atoms in total. The molecule has 2 atom stereocenters. The Balaban J connectivity index is 2.47. The number of hydrogen-bond acceptors (Lipinski definition) is 1. The van der Waals surface area contributed by atoms with Crippen LogP contribution in [0.1, 0.15) is 59.3 Å². The molecule has 0 N–H and O–H groups in total. The molecule has 0 radical (unpaired) electrons. The lowest BCUT2D eigenvalue weighted by molar-refractivity contribution is -0.0936. The first kappa shape index (κ1) is 11.0. The van der Waals surface area contributed by atoms with Crippen LogP contribution in [0.3, 0.4) is 0 Å². The van der Waals surface area contributed by atoms with E-state index in [-0.39, 0.29) is 5.60 Å². The summed E-state index contributed by atoms with van der Waals surface area (Å²) in [4.78, 5) is 0. The molecular formula is C12H24O. The Morgan fingerprint density at radius 2 is 2.08 bits per heavy atom. The highest BCUT2D eigenvalue weighted by atomic mass is 16.5. The minimum absolute atomic E-state index is 0.244. The molecule has 0 aromatic carbocycles. The Morgan fingerprint density at radius 3 is 2.54 bits per heavy atom. The third kappa shape index (κ3) is 2.98. The van der Waals surface area contributed by atoms with Gasteiger partial charge in [0.15, 0.2) is 0 Å². The second kappa shape index (κ2) is 4.99. The van der Waals surface area contributed by atoms with Gasteiger partial charge >= 0.3 is 0 Å². The number of hydrogen-bond donors (Lipinski definition) is 0. The highest BCUT2D eigenvalue weighted by molar-refractivity contribution is 4.83. The van der Waals surface area contributed by atoms with Gasteiger partial charge in [0.05, 0.1) is 5.60 Å². The van der Waals surface area contributed by atoms with Crippen molar-refractivity contribution in [3.8, 4) is 0 Å². The molecule has 1 saturated heterocycles. The van der Waals surface area contributed by atoms with E-state index in [1.54, 1.807) is 0 Å². The topological polar surface area (TPSA) is 9.23 Å². The van der Waals surface area contributed by atoms with E-state index in [4.69, 9.17) is 4.74 Å². The Kier molecular flexibility index (Phi) is 4.24. The van der Waals surface area contributed by atoms with Crippen LogP contribution in [0.4, 0.5) is 0 Å². The lowest BCUT2D eigenvalue weighted by Gasteiger charge is -2.38. The summed E-state index contributed by atoms with van der Waals surface area (Å²) in [6, 6.07) is 0. The Bertz CT molecular complexity index is 136. The molecule has 0 aromatic rings. The van der Waals surface area contributed by atoms with Crippen LogP contribution in [0.15, 0.2) is 0 Å². The molecule has 0 spiro atoms. The van der Waals surface area contributed by atoms with E-state index in [1.807, 2.05) is 0 Å². The molecule has 0 saturated carbocycles. The lowest BCUT2D eigenvalue weighted by Crippen LogP contribution is -2.37. The van der Waals surface area contributed by atoms with Crippen molar-refractivity contribution >= 4 is 0 Å². The smallest absolute Gasteiger partial charge is 0.0682 e. The Morgan fingerprint density at radius 1 is 1.31 bits per heavy atom. The molecule has 1 fully saturated rings. The van der Waals surface area contributed by atoms with E-state index >= 15 is 0 Å². The molecule has 1 rings (SSSR count). The van der Waals surface area contributed by atoms with Crippen LogP contribution < -0.4 is 0 Å². The van der Waals surface area contributed by atoms with Crippen molar-refractivity contribution < 1.29 is 4.74 Å². The van der Waals surface area contributed by atoms with Crippen LogP contribution in [0.5, 0.6) is 0 Å². The van der Waals surface area contributed by atoms with Crippen molar-refractivity contribution in [1.82, 2.24) is 0 Å². The molecule has 0 aliphatic carbocycles. The quantitative estimate of drug-likeness (QED) is 0.646. The van der Waals surface area contributed by atoms with E-state index in [0.29, 0.717) is 0 Å². The van der Waals surface area contributed by atoms with Crippen molar-refractivity contribution in [2.24, 2.45) is 5.92 Å². The molecule has 0 aromatic heterocycles.